The average Bonchev–Trinajstić information content (AvgIpc) is 1.84. The second kappa shape index (κ2) is 9.16. The summed E-state index contributed by atoms with van der Waals surface area (Å²) in [4.78, 5) is 19.3. The molecule has 0 rings (SSSR count). The zero-order valence-corrected chi connectivity index (χ0v) is 7.91. The summed E-state index contributed by atoms with van der Waals surface area (Å²) in [5.74, 6) is -4.12. The van der Waals surface area contributed by atoms with Gasteiger partial charge in [-0.05, 0) is 0 Å². The van der Waals surface area contributed by atoms with E-state index in [0.717, 1.165) is 0 Å². The molecular formula is C4H13ClN2O6. The van der Waals surface area contributed by atoms with Crippen LogP contribution in [0.15, 0.2) is 0 Å². The monoisotopic (exact) mass is 220 g/mol. The average molecular weight is 221 g/mol. The predicted octanol–water partition coefficient (Wildman–Crippen LogP) is -3.62. The van der Waals surface area contributed by atoms with Gasteiger partial charge in [0.1, 0.15) is 12.2 Å². The highest BCUT2D eigenvalue weighted by Crippen LogP contribution is 1.88. The van der Waals surface area contributed by atoms with Gasteiger partial charge in [0.25, 0.3) is 0 Å². The molecule has 8 nitrogen and oxygen atoms in total. The second-order valence-corrected chi connectivity index (χ2v) is 1.53. The zero-order chi connectivity index (χ0) is 8.31. The molecule has 10 N–H and O–H groups in total. The molecule has 0 amide bonds. The van der Waals surface area contributed by atoms with Crippen molar-refractivity contribution in [3.8, 4) is 0 Å². The summed E-state index contributed by atoms with van der Waals surface area (Å²) in [6, 6.07) is 0. The molecule has 2 unspecified atom stereocenters. The first-order chi connectivity index (χ1) is 4.46. The minimum atomic E-state index is -2.44. The van der Waals surface area contributed by atoms with E-state index in [1.807, 2.05) is 0 Å². The topological polar surface area (TPSA) is 194 Å². The zero-order valence-electron chi connectivity index (χ0n) is 7.09. The summed E-state index contributed by atoms with van der Waals surface area (Å²) < 4.78 is 0. The smallest absolute Gasteiger partial charge is 0.124 e. The van der Waals surface area contributed by atoms with Gasteiger partial charge in [0.15, 0.2) is 0 Å². The van der Waals surface area contributed by atoms with Crippen LogP contribution in [-0.2, 0) is 9.59 Å². The van der Waals surface area contributed by atoms with Crippen LogP contribution in [0.5, 0.6) is 0 Å². The Morgan fingerprint density at radius 3 is 1.15 bits per heavy atom. The van der Waals surface area contributed by atoms with Crippen molar-refractivity contribution >= 4 is 24.3 Å². The van der Waals surface area contributed by atoms with Crippen LogP contribution in [0.1, 0.15) is 0 Å². The maximum atomic E-state index is 9.63. The normalized spacial score (nSPS) is 12.2. The maximum absolute atomic E-state index is 9.63. The highest BCUT2D eigenvalue weighted by molar-refractivity contribution is 5.85. The number of hydrogen-bond donors (Lipinski definition) is 4. The molecule has 2 atom stereocenters. The molecule has 0 fully saturated rings. The Balaban J connectivity index is -0.000000135. The number of quaternary nitrogens is 2. The van der Waals surface area contributed by atoms with Crippen LogP contribution in [0, 0.1) is 0 Å². The third-order valence-electron chi connectivity index (χ3n) is 0.782. The number of aliphatic hydroxyl groups is 2. The minimum absolute atomic E-state index is 0. The van der Waals surface area contributed by atoms with E-state index >= 15 is 0 Å². The first-order valence-corrected chi connectivity index (χ1v) is 2.24. The first-order valence-electron chi connectivity index (χ1n) is 2.24. The highest BCUT2D eigenvalue weighted by Gasteiger charge is 2.17. The number of carbonyl (C=O) groups excluding carboxylic acids is 2. The van der Waals surface area contributed by atoms with Crippen LogP contribution in [-0.4, -0.2) is 34.4 Å². The van der Waals surface area contributed by atoms with E-state index in [4.69, 9.17) is 10.2 Å². The molecule has 0 aromatic carbocycles. The van der Waals surface area contributed by atoms with Crippen molar-refractivity contribution in [1.29, 1.82) is 0 Å². The molecule has 0 bridgehead atoms. The summed E-state index contributed by atoms with van der Waals surface area (Å²) >= 11 is 0. The van der Waals surface area contributed by atoms with Gasteiger partial charge in [-0.3, -0.25) is 0 Å². The Morgan fingerprint density at radius 2 is 1.08 bits per heavy atom. The van der Waals surface area contributed by atoms with E-state index in [2.05, 4.69) is 0 Å². The van der Waals surface area contributed by atoms with Gasteiger partial charge in [0, 0.05) is 0 Å². The van der Waals surface area contributed by atoms with E-state index in [1.165, 1.54) is 0 Å². The molecule has 0 aliphatic carbocycles. The fourth-order valence-corrected chi connectivity index (χ4v) is 0.258. The predicted molar refractivity (Wildman–Crippen MR) is 41.2 cm³/mol. The lowest BCUT2D eigenvalue weighted by Crippen LogP contribution is -2.51. The van der Waals surface area contributed by atoms with Gasteiger partial charge in [-0.2, -0.15) is 0 Å². The second-order valence-electron chi connectivity index (χ2n) is 1.53. The summed E-state index contributed by atoms with van der Waals surface area (Å²) in [5, 5.41) is 35.7. The summed E-state index contributed by atoms with van der Waals surface area (Å²) in [6.45, 7) is 0. The molecule has 0 heterocycles. The van der Waals surface area contributed by atoms with Crippen molar-refractivity contribution < 1.29 is 30.0 Å². The van der Waals surface area contributed by atoms with Crippen molar-refractivity contribution in [1.82, 2.24) is 12.3 Å². The molecule has 0 aliphatic heterocycles. The molecule has 0 saturated carbocycles. The van der Waals surface area contributed by atoms with Crippen LogP contribution in [0.25, 0.3) is 0 Å². The number of rotatable bonds is 3. The molecule has 0 spiro atoms. The van der Waals surface area contributed by atoms with Crippen LogP contribution in [0.4, 0.5) is 0 Å². The summed E-state index contributed by atoms with van der Waals surface area (Å²) in [7, 11) is 0. The number of halogens is 1. The third kappa shape index (κ3) is 7.43. The van der Waals surface area contributed by atoms with E-state index in [1.54, 1.807) is 0 Å². The SMILES string of the molecule is Cl.O=C([O-])C(O)C(O)C(=O)[O-].[NH4+].[NH4+]. The molecule has 9 heteroatoms. The molecular weight excluding hydrogens is 208 g/mol. The molecule has 13 heavy (non-hydrogen) atoms. The van der Waals surface area contributed by atoms with E-state index in [0.29, 0.717) is 0 Å². The third-order valence-corrected chi connectivity index (χ3v) is 0.782. The van der Waals surface area contributed by atoms with E-state index in [9.17, 15) is 19.8 Å². The van der Waals surface area contributed by atoms with Gasteiger partial charge in [-0.1, -0.05) is 0 Å². The highest BCUT2D eigenvalue weighted by atomic mass is 35.5. The van der Waals surface area contributed by atoms with Crippen LogP contribution >= 0.6 is 12.4 Å². The van der Waals surface area contributed by atoms with Crippen LogP contribution in [0.3, 0.4) is 0 Å². The number of aliphatic carboxylic acids is 2. The number of hydrogen-bond acceptors (Lipinski definition) is 6. The lowest BCUT2D eigenvalue weighted by Gasteiger charge is -2.18. The summed E-state index contributed by atoms with van der Waals surface area (Å²) in [5.41, 5.74) is 0. The van der Waals surface area contributed by atoms with Crippen LogP contribution in [0.2, 0.25) is 0 Å². The van der Waals surface area contributed by atoms with Crippen molar-refractivity contribution in [3.05, 3.63) is 0 Å². The van der Waals surface area contributed by atoms with Gasteiger partial charge in [0.05, 0.1) is 11.9 Å². The Kier molecular flexibility index (Phi) is 16.0. The van der Waals surface area contributed by atoms with Gasteiger partial charge < -0.3 is 42.3 Å². The number of carboxylic acids is 2. The van der Waals surface area contributed by atoms with E-state index < -0.39 is 24.1 Å². The standard InChI is InChI=1S/C4H6O6.ClH.2H3N/c5-1(3(7)8)2(6)4(9)10;;;/h1-2,5-6H,(H,7,8)(H,9,10);1H;2*1H3. The number of aliphatic hydroxyl groups excluding tert-OH is 2. The largest absolute Gasteiger partial charge is 0.547 e. The lowest BCUT2D eigenvalue weighted by atomic mass is 10.2. The Morgan fingerprint density at radius 1 is 0.923 bits per heavy atom. The Bertz CT molecular complexity index is 147. The summed E-state index contributed by atoms with van der Waals surface area (Å²) in [6.07, 6.45) is -4.88. The van der Waals surface area contributed by atoms with Crippen molar-refractivity contribution in [2.75, 3.05) is 0 Å². The maximum Gasteiger partial charge on any atom is 0.124 e. The Labute approximate surface area is 79.8 Å². The fourth-order valence-electron chi connectivity index (χ4n) is 0.258. The number of carbonyl (C=O) groups is 2. The van der Waals surface area contributed by atoms with E-state index in [-0.39, 0.29) is 24.7 Å². The van der Waals surface area contributed by atoms with Gasteiger partial charge in [-0.15, -0.1) is 12.4 Å². The molecule has 0 saturated heterocycles. The minimum Gasteiger partial charge on any atom is -0.547 e. The quantitative estimate of drug-likeness (QED) is 0.379. The van der Waals surface area contributed by atoms with Gasteiger partial charge >= 0.3 is 0 Å². The molecule has 0 aliphatic rings. The van der Waals surface area contributed by atoms with Gasteiger partial charge in [-0.25, -0.2) is 0 Å². The van der Waals surface area contributed by atoms with Gasteiger partial charge in [0.2, 0.25) is 0 Å². The molecule has 0 aromatic rings. The van der Waals surface area contributed by atoms with Crippen molar-refractivity contribution in [3.63, 3.8) is 0 Å². The first kappa shape index (κ1) is 22.7. The molecule has 0 radical (unpaired) electrons. The fraction of sp³-hybridized carbons (Fsp3) is 0.500. The lowest BCUT2D eigenvalue weighted by molar-refractivity contribution is -0.333. The Hall–Kier alpha value is -0.930. The van der Waals surface area contributed by atoms with Crippen LogP contribution < -0.4 is 22.5 Å². The number of carboxylic acid groups (broad SMARTS) is 2. The molecule has 82 valence electrons. The van der Waals surface area contributed by atoms with Crippen molar-refractivity contribution in [2.24, 2.45) is 0 Å². The molecule has 0 aromatic heterocycles. The van der Waals surface area contributed by atoms with Crippen molar-refractivity contribution in [2.45, 2.75) is 12.2 Å².